The van der Waals surface area contributed by atoms with Crippen LogP contribution in [0.1, 0.15) is 37.7 Å². The van der Waals surface area contributed by atoms with Crippen molar-refractivity contribution in [2.24, 2.45) is 0 Å². The third-order valence-electron chi connectivity index (χ3n) is 5.38. The van der Waals surface area contributed by atoms with Gasteiger partial charge in [0, 0.05) is 56.2 Å². The minimum absolute atomic E-state index is 0.0386. The smallest absolute Gasteiger partial charge is 0.246 e. The maximum absolute atomic E-state index is 12.7. The van der Waals surface area contributed by atoms with Gasteiger partial charge < -0.3 is 19.0 Å². The van der Waals surface area contributed by atoms with Crippen LogP contribution in [0.4, 0.5) is 0 Å². The highest BCUT2D eigenvalue weighted by atomic mass is 16.5. The minimum Gasteiger partial charge on any atom is -0.493 e. The number of carbonyl (C=O) groups excluding carboxylic acids is 2. The molecule has 2 aromatic rings. The average molecular weight is 384 g/mol. The van der Waals surface area contributed by atoms with E-state index in [1.807, 2.05) is 39.8 Å². The van der Waals surface area contributed by atoms with E-state index in [1.54, 1.807) is 22.8 Å². The second-order valence-corrected chi connectivity index (χ2v) is 7.22. The van der Waals surface area contributed by atoms with Gasteiger partial charge in [-0.3, -0.25) is 9.59 Å². The van der Waals surface area contributed by atoms with Gasteiger partial charge in [-0.1, -0.05) is 0 Å². The quantitative estimate of drug-likeness (QED) is 0.757. The van der Waals surface area contributed by atoms with Gasteiger partial charge in [0.15, 0.2) is 0 Å². The van der Waals surface area contributed by atoms with Crippen LogP contribution >= 0.6 is 0 Å². The zero-order valence-electron chi connectivity index (χ0n) is 17.3. The molecule has 3 rings (SSSR count). The zero-order chi connectivity index (χ0) is 20.4. The standard InChI is InChI=1S/C22H28N2O4/c1-6-27-20-13-21-19(15(3)16(4)28-21)12-18(20)14(2)11-22(26)24-9-7-23(8-10-24)17(5)25/h11-13H,6-10H2,1-5H3/b14-11+. The van der Waals surface area contributed by atoms with Crippen molar-refractivity contribution in [3.05, 3.63) is 35.1 Å². The Morgan fingerprint density at radius 1 is 1.11 bits per heavy atom. The number of rotatable bonds is 4. The van der Waals surface area contributed by atoms with Gasteiger partial charge in [0.1, 0.15) is 17.1 Å². The van der Waals surface area contributed by atoms with Gasteiger partial charge >= 0.3 is 0 Å². The molecular weight excluding hydrogens is 356 g/mol. The average Bonchev–Trinajstić information content (AvgIpc) is 2.94. The number of ether oxygens (including phenoxy) is 1. The molecule has 2 amide bonds. The van der Waals surface area contributed by atoms with Gasteiger partial charge in [-0.15, -0.1) is 0 Å². The monoisotopic (exact) mass is 384 g/mol. The number of amides is 2. The summed E-state index contributed by atoms with van der Waals surface area (Å²) in [4.78, 5) is 27.8. The number of benzene rings is 1. The maximum atomic E-state index is 12.7. The van der Waals surface area contributed by atoms with Gasteiger partial charge in [0.2, 0.25) is 11.8 Å². The van der Waals surface area contributed by atoms with Crippen LogP contribution in [-0.2, 0) is 9.59 Å². The van der Waals surface area contributed by atoms with Gasteiger partial charge in [0.05, 0.1) is 6.61 Å². The number of carbonyl (C=O) groups is 2. The number of fused-ring (bicyclic) bond motifs is 1. The molecule has 0 aliphatic carbocycles. The Morgan fingerprint density at radius 3 is 2.36 bits per heavy atom. The van der Waals surface area contributed by atoms with Crippen molar-refractivity contribution in [2.45, 2.75) is 34.6 Å². The highest BCUT2D eigenvalue weighted by Gasteiger charge is 2.22. The predicted octanol–water partition coefficient (Wildman–Crippen LogP) is 3.54. The molecule has 6 heteroatoms. The Morgan fingerprint density at radius 2 is 1.75 bits per heavy atom. The Bertz CT molecular complexity index is 934. The second-order valence-electron chi connectivity index (χ2n) is 7.22. The number of allylic oxidation sites excluding steroid dienone is 1. The molecule has 0 spiro atoms. The molecule has 1 aromatic carbocycles. The van der Waals surface area contributed by atoms with Crippen molar-refractivity contribution in [3.63, 3.8) is 0 Å². The summed E-state index contributed by atoms with van der Waals surface area (Å²) in [5, 5.41) is 1.03. The largest absolute Gasteiger partial charge is 0.493 e. The highest BCUT2D eigenvalue weighted by molar-refractivity contribution is 5.97. The lowest BCUT2D eigenvalue weighted by molar-refractivity contribution is -0.135. The van der Waals surface area contributed by atoms with Crippen LogP contribution in [0, 0.1) is 13.8 Å². The van der Waals surface area contributed by atoms with Crippen molar-refractivity contribution >= 4 is 28.4 Å². The number of hydrogen-bond donors (Lipinski definition) is 0. The van der Waals surface area contributed by atoms with Crippen LogP contribution in [0.25, 0.3) is 16.5 Å². The van der Waals surface area contributed by atoms with Crippen molar-refractivity contribution in [3.8, 4) is 5.75 Å². The summed E-state index contributed by atoms with van der Waals surface area (Å²) in [6.45, 7) is 12.2. The molecule has 1 saturated heterocycles. The van der Waals surface area contributed by atoms with E-state index >= 15 is 0 Å². The summed E-state index contributed by atoms with van der Waals surface area (Å²) in [5.74, 6) is 1.62. The van der Waals surface area contributed by atoms with Crippen LogP contribution in [-0.4, -0.2) is 54.4 Å². The summed E-state index contributed by atoms with van der Waals surface area (Å²) >= 11 is 0. The number of piperazine rings is 1. The predicted molar refractivity (Wildman–Crippen MR) is 109 cm³/mol. The fourth-order valence-electron chi connectivity index (χ4n) is 3.55. The Kier molecular flexibility index (Phi) is 5.77. The molecule has 0 radical (unpaired) electrons. The first kappa shape index (κ1) is 20.0. The molecule has 0 atom stereocenters. The first-order valence-corrected chi connectivity index (χ1v) is 9.71. The Balaban J connectivity index is 1.88. The maximum Gasteiger partial charge on any atom is 0.246 e. The van der Waals surface area contributed by atoms with Crippen molar-refractivity contribution in [2.75, 3.05) is 32.8 Å². The van der Waals surface area contributed by atoms with Crippen LogP contribution in [0.3, 0.4) is 0 Å². The van der Waals surface area contributed by atoms with E-state index in [-0.39, 0.29) is 11.8 Å². The van der Waals surface area contributed by atoms with Gasteiger partial charge in [-0.05, 0) is 44.9 Å². The first-order valence-electron chi connectivity index (χ1n) is 9.71. The molecule has 0 saturated carbocycles. The molecular formula is C22H28N2O4. The molecule has 1 fully saturated rings. The normalized spacial score (nSPS) is 15.2. The lowest BCUT2D eigenvalue weighted by Crippen LogP contribution is -2.49. The molecule has 28 heavy (non-hydrogen) atoms. The van der Waals surface area contributed by atoms with E-state index in [0.717, 1.165) is 33.4 Å². The van der Waals surface area contributed by atoms with Crippen LogP contribution in [0.15, 0.2) is 22.6 Å². The van der Waals surface area contributed by atoms with Crippen LogP contribution in [0.5, 0.6) is 5.75 Å². The molecule has 1 aromatic heterocycles. The molecule has 0 unspecified atom stereocenters. The third-order valence-corrected chi connectivity index (χ3v) is 5.38. The van der Waals surface area contributed by atoms with Crippen molar-refractivity contribution in [1.82, 2.24) is 9.80 Å². The fraction of sp³-hybridized carbons (Fsp3) is 0.455. The van der Waals surface area contributed by atoms with Crippen LogP contribution in [0.2, 0.25) is 0 Å². The van der Waals surface area contributed by atoms with E-state index < -0.39 is 0 Å². The number of hydrogen-bond acceptors (Lipinski definition) is 4. The number of nitrogens with zero attached hydrogens (tertiary/aromatic N) is 2. The lowest BCUT2D eigenvalue weighted by Gasteiger charge is -2.33. The van der Waals surface area contributed by atoms with Gasteiger partial charge in [0.25, 0.3) is 0 Å². The molecule has 2 heterocycles. The number of furan rings is 1. The highest BCUT2D eigenvalue weighted by Crippen LogP contribution is 2.35. The van der Waals surface area contributed by atoms with E-state index in [4.69, 9.17) is 9.15 Å². The van der Waals surface area contributed by atoms with E-state index in [9.17, 15) is 9.59 Å². The summed E-state index contributed by atoms with van der Waals surface area (Å²) < 4.78 is 11.6. The molecule has 150 valence electrons. The SMILES string of the molecule is CCOc1cc2oc(C)c(C)c2cc1/C(C)=C/C(=O)N1CCN(C(C)=O)CC1. The Hall–Kier alpha value is -2.76. The summed E-state index contributed by atoms with van der Waals surface area (Å²) in [6.07, 6.45) is 1.66. The van der Waals surface area contributed by atoms with Crippen LogP contribution < -0.4 is 4.74 Å². The number of aryl methyl sites for hydroxylation is 2. The van der Waals surface area contributed by atoms with E-state index in [0.29, 0.717) is 38.5 Å². The molecule has 0 bridgehead atoms. The lowest BCUT2D eigenvalue weighted by atomic mass is 10.0. The minimum atomic E-state index is -0.0386. The molecule has 1 aliphatic rings. The van der Waals surface area contributed by atoms with Gasteiger partial charge in [-0.2, -0.15) is 0 Å². The molecule has 0 N–H and O–H groups in total. The fourth-order valence-corrected chi connectivity index (χ4v) is 3.55. The second kappa shape index (κ2) is 8.09. The van der Waals surface area contributed by atoms with E-state index in [1.165, 1.54) is 0 Å². The zero-order valence-corrected chi connectivity index (χ0v) is 17.3. The first-order chi connectivity index (χ1) is 13.3. The van der Waals surface area contributed by atoms with Gasteiger partial charge in [-0.25, -0.2) is 0 Å². The summed E-state index contributed by atoms with van der Waals surface area (Å²) in [7, 11) is 0. The van der Waals surface area contributed by atoms with Crippen molar-refractivity contribution < 1.29 is 18.7 Å². The third kappa shape index (κ3) is 3.91. The summed E-state index contributed by atoms with van der Waals surface area (Å²) in [5.41, 5.74) is 3.64. The Labute approximate surface area is 165 Å². The van der Waals surface area contributed by atoms with Crippen molar-refractivity contribution in [1.29, 1.82) is 0 Å². The topological polar surface area (TPSA) is 63.0 Å². The molecule has 1 aliphatic heterocycles. The van der Waals surface area contributed by atoms with E-state index in [2.05, 4.69) is 0 Å². The summed E-state index contributed by atoms with van der Waals surface area (Å²) in [6, 6.07) is 3.95. The molecule has 6 nitrogen and oxygen atoms in total.